The molecule has 10 heteroatoms. The van der Waals surface area contributed by atoms with Crippen molar-refractivity contribution in [2.45, 2.75) is 6.54 Å². The third-order valence-electron chi connectivity index (χ3n) is 4.35. The van der Waals surface area contributed by atoms with Crippen molar-refractivity contribution in [1.82, 2.24) is 19.7 Å². The van der Waals surface area contributed by atoms with Gasteiger partial charge in [-0.25, -0.2) is 4.79 Å². The highest BCUT2D eigenvalue weighted by molar-refractivity contribution is 9.10. The fourth-order valence-electron chi connectivity index (χ4n) is 2.99. The van der Waals surface area contributed by atoms with Crippen LogP contribution >= 0.6 is 15.9 Å². The number of hydrogen-bond donors (Lipinski definition) is 1. The van der Waals surface area contributed by atoms with Crippen LogP contribution in [-0.4, -0.2) is 26.5 Å². The molecule has 2 aromatic carbocycles. The summed E-state index contributed by atoms with van der Waals surface area (Å²) in [5.41, 5.74) is 0.0367. The molecular formula is C18H11BrN4O5. The van der Waals surface area contributed by atoms with Crippen molar-refractivity contribution >= 4 is 26.8 Å². The number of rotatable bonds is 3. The minimum Gasteiger partial charge on any atom is -0.454 e. The van der Waals surface area contributed by atoms with Gasteiger partial charge < -0.3 is 19.0 Å². The van der Waals surface area contributed by atoms with Gasteiger partial charge in [-0.15, -0.1) is 0 Å². The van der Waals surface area contributed by atoms with Gasteiger partial charge in [0.25, 0.3) is 5.56 Å². The maximum atomic E-state index is 12.8. The topological polar surface area (TPSA) is 112 Å². The summed E-state index contributed by atoms with van der Waals surface area (Å²) in [5.74, 6) is 1.43. The second-order valence-electron chi connectivity index (χ2n) is 6.06. The van der Waals surface area contributed by atoms with Crippen molar-refractivity contribution in [2.24, 2.45) is 0 Å². The van der Waals surface area contributed by atoms with Crippen LogP contribution in [0.5, 0.6) is 11.5 Å². The second-order valence-corrected chi connectivity index (χ2v) is 6.92. The van der Waals surface area contributed by atoms with Crippen molar-refractivity contribution in [3.8, 4) is 22.9 Å². The van der Waals surface area contributed by atoms with E-state index >= 15 is 0 Å². The van der Waals surface area contributed by atoms with Gasteiger partial charge in [-0.2, -0.15) is 4.98 Å². The monoisotopic (exact) mass is 442 g/mol. The van der Waals surface area contributed by atoms with Crippen molar-refractivity contribution in [3.63, 3.8) is 0 Å². The van der Waals surface area contributed by atoms with E-state index in [0.29, 0.717) is 28.2 Å². The number of benzene rings is 2. The Morgan fingerprint density at radius 2 is 1.93 bits per heavy atom. The molecule has 0 unspecified atom stereocenters. The summed E-state index contributed by atoms with van der Waals surface area (Å²) in [6, 6.07) is 10.5. The molecule has 0 amide bonds. The molecule has 1 aliphatic rings. The van der Waals surface area contributed by atoms with Crippen LogP contribution in [0.25, 0.3) is 22.3 Å². The molecule has 0 radical (unpaired) electrons. The maximum absolute atomic E-state index is 12.8. The minimum atomic E-state index is -0.586. The molecule has 0 fully saturated rings. The molecule has 1 aliphatic heterocycles. The summed E-state index contributed by atoms with van der Waals surface area (Å²) in [6.07, 6.45) is 0. The second kappa shape index (κ2) is 6.34. The van der Waals surface area contributed by atoms with E-state index in [1.165, 1.54) is 0 Å². The van der Waals surface area contributed by atoms with E-state index in [-0.39, 0.29) is 19.2 Å². The lowest BCUT2D eigenvalue weighted by Gasteiger charge is -2.05. The van der Waals surface area contributed by atoms with Crippen molar-refractivity contribution in [1.29, 1.82) is 0 Å². The molecular weight excluding hydrogens is 432 g/mol. The molecule has 0 spiro atoms. The van der Waals surface area contributed by atoms with Crippen LogP contribution in [0.1, 0.15) is 5.89 Å². The molecule has 0 aliphatic carbocycles. The number of ether oxygens (including phenoxy) is 2. The molecule has 0 atom stereocenters. The van der Waals surface area contributed by atoms with Crippen LogP contribution in [0.15, 0.2) is 55.0 Å². The lowest BCUT2D eigenvalue weighted by Crippen LogP contribution is -2.35. The first-order chi connectivity index (χ1) is 13.6. The van der Waals surface area contributed by atoms with Gasteiger partial charge in [-0.3, -0.25) is 9.36 Å². The van der Waals surface area contributed by atoms with E-state index < -0.39 is 11.2 Å². The van der Waals surface area contributed by atoms with E-state index in [1.807, 2.05) is 24.3 Å². The largest absolute Gasteiger partial charge is 0.454 e. The Balaban J connectivity index is 1.56. The number of aromatic amines is 1. The third-order valence-corrected chi connectivity index (χ3v) is 5.04. The Morgan fingerprint density at radius 3 is 2.75 bits per heavy atom. The predicted molar refractivity (Wildman–Crippen MR) is 101 cm³/mol. The maximum Gasteiger partial charge on any atom is 0.329 e. The summed E-state index contributed by atoms with van der Waals surface area (Å²) in [6.45, 7) is -0.0834. The van der Waals surface area contributed by atoms with Crippen LogP contribution in [0.2, 0.25) is 0 Å². The lowest BCUT2D eigenvalue weighted by atomic mass is 10.2. The van der Waals surface area contributed by atoms with Gasteiger partial charge in [-0.1, -0.05) is 33.2 Å². The third kappa shape index (κ3) is 2.69. The summed E-state index contributed by atoms with van der Waals surface area (Å²) in [5, 5.41) is 4.23. The van der Waals surface area contributed by atoms with Crippen LogP contribution in [0, 0.1) is 0 Å². The molecule has 2 aromatic heterocycles. The summed E-state index contributed by atoms with van der Waals surface area (Å²) < 4.78 is 17.6. The Labute approximate surface area is 164 Å². The van der Waals surface area contributed by atoms with Gasteiger partial charge in [0.15, 0.2) is 11.5 Å². The van der Waals surface area contributed by atoms with Gasteiger partial charge in [0.2, 0.25) is 18.5 Å². The molecule has 5 rings (SSSR count). The first-order valence-electron chi connectivity index (χ1n) is 8.24. The number of fused-ring (bicyclic) bond motifs is 2. The zero-order chi connectivity index (χ0) is 19.3. The summed E-state index contributed by atoms with van der Waals surface area (Å²) in [7, 11) is 0. The van der Waals surface area contributed by atoms with Crippen LogP contribution < -0.4 is 20.7 Å². The molecule has 4 aromatic rings. The highest BCUT2D eigenvalue weighted by Crippen LogP contribution is 2.34. The number of aromatic nitrogens is 4. The van der Waals surface area contributed by atoms with E-state index in [4.69, 9.17) is 14.0 Å². The summed E-state index contributed by atoms with van der Waals surface area (Å²) >= 11 is 3.43. The average Bonchev–Trinajstić information content (AvgIpc) is 3.33. The van der Waals surface area contributed by atoms with Gasteiger partial charge in [0, 0.05) is 16.1 Å². The molecule has 0 saturated heterocycles. The number of hydrogen-bond acceptors (Lipinski definition) is 7. The number of nitrogens with zero attached hydrogens (tertiary/aromatic N) is 3. The van der Waals surface area contributed by atoms with Gasteiger partial charge >= 0.3 is 5.69 Å². The molecule has 0 saturated carbocycles. The first kappa shape index (κ1) is 16.8. The molecule has 1 N–H and O–H groups in total. The van der Waals surface area contributed by atoms with Crippen LogP contribution in [0.3, 0.4) is 0 Å². The van der Waals surface area contributed by atoms with E-state index in [1.54, 1.807) is 12.1 Å². The quantitative estimate of drug-likeness (QED) is 0.517. The van der Waals surface area contributed by atoms with Gasteiger partial charge in [-0.05, 0) is 18.2 Å². The molecule has 0 bridgehead atoms. The van der Waals surface area contributed by atoms with E-state index in [9.17, 15) is 9.59 Å². The molecule has 28 heavy (non-hydrogen) atoms. The standard InChI is InChI=1S/C18H11BrN4O5/c19-11-4-2-1-3-9(11)16-21-15(28-22-16)7-23-17(24)10-5-13-14(27-8-26-13)6-12(10)20-18(23)25/h1-6H,7-8H2,(H,20,25). The molecule has 3 heterocycles. The smallest absolute Gasteiger partial charge is 0.329 e. The van der Waals surface area contributed by atoms with Crippen LogP contribution in [-0.2, 0) is 6.54 Å². The highest BCUT2D eigenvalue weighted by Gasteiger charge is 2.19. The van der Waals surface area contributed by atoms with Gasteiger partial charge in [0.1, 0.15) is 6.54 Å². The van der Waals surface area contributed by atoms with E-state index in [0.717, 1.165) is 14.6 Å². The predicted octanol–water partition coefficient (Wildman–Crippen LogP) is 2.28. The number of H-pyrrole nitrogens is 1. The summed E-state index contributed by atoms with van der Waals surface area (Å²) in [4.78, 5) is 32.2. The lowest BCUT2D eigenvalue weighted by molar-refractivity contribution is 0.174. The Bertz CT molecular complexity index is 1340. The van der Waals surface area contributed by atoms with Crippen molar-refractivity contribution in [3.05, 3.63) is 67.6 Å². The zero-order valence-corrected chi connectivity index (χ0v) is 15.7. The Kier molecular flexibility index (Phi) is 3.79. The number of nitrogens with one attached hydrogen (secondary N) is 1. The molecule has 9 nitrogen and oxygen atoms in total. The molecule has 140 valence electrons. The SMILES string of the molecule is O=c1[nH]c2cc3c(cc2c(=O)n1Cc1nc(-c2ccccc2Br)no1)OCO3. The van der Waals surface area contributed by atoms with Crippen molar-refractivity contribution < 1.29 is 14.0 Å². The fraction of sp³-hybridized carbons (Fsp3) is 0.111. The zero-order valence-electron chi connectivity index (χ0n) is 14.1. The Hall–Kier alpha value is -3.40. The fourth-order valence-corrected chi connectivity index (χ4v) is 3.45. The Morgan fingerprint density at radius 1 is 1.14 bits per heavy atom. The normalized spacial score (nSPS) is 12.6. The highest BCUT2D eigenvalue weighted by atomic mass is 79.9. The van der Waals surface area contributed by atoms with Crippen molar-refractivity contribution in [2.75, 3.05) is 6.79 Å². The average molecular weight is 443 g/mol. The van der Waals surface area contributed by atoms with Crippen LogP contribution in [0.4, 0.5) is 0 Å². The minimum absolute atomic E-state index is 0.0733. The number of halogens is 1. The van der Waals surface area contributed by atoms with E-state index in [2.05, 4.69) is 31.1 Å². The van der Waals surface area contributed by atoms with Gasteiger partial charge in [0.05, 0.1) is 10.9 Å². The first-order valence-corrected chi connectivity index (χ1v) is 9.03.